The molecule has 0 nitrogen and oxygen atoms in total. The number of halogens is 4. The van der Waals surface area contributed by atoms with Gasteiger partial charge in [-0.05, 0) is 17.7 Å². The van der Waals surface area contributed by atoms with E-state index in [4.69, 9.17) is 0 Å². The first-order chi connectivity index (χ1) is 5.95. The van der Waals surface area contributed by atoms with Crippen molar-refractivity contribution in [3.05, 3.63) is 33.8 Å². The molecule has 0 aromatic heterocycles. The van der Waals surface area contributed by atoms with E-state index >= 15 is 0 Å². The Morgan fingerprint density at radius 2 is 1.92 bits per heavy atom. The van der Waals surface area contributed by atoms with Crippen LogP contribution in [0.1, 0.15) is 11.1 Å². The van der Waals surface area contributed by atoms with Crippen molar-refractivity contribution in [2.75, 3.05) is 0 Å². The fourth-order valence-electron chi connectivity index (χ4n) is 0.950. The van der Waals surface area contributed by atoms with Gasteiger partial charge in [0, 0.05) is 10.2 Å². The maximum atomic E-state index is 12.4. The van der Waals surface area contributed by atoms with Crippen molar-refractivity contribution < 1.29 is 13.2 Å². The Kier molecular flexibility index (Phi) is 3.29. The molecule has 0 aliphatic heterocycles. The van der Waals surface area contributed by atoms with Gasteiger partial charge in [-0.3, -0.25) is 0 Å². The fourth-order valence-corrected chi connectivity index (χ4v) is 1.59. The van der Waals surface area contributed by atoms with Crippen molar-refractivity contribution in [2.45, 2.75) is 11.9 Å². The summed E-state index contributed by atoms with van der Waals surface area (Å²) in [5.74, 6) is 0.0854. The predicted molar refractivity (Wildman–Crippen MR) is 51.8 cm³/mol. The smallest absolute Gasteiger partial charge is 0.175 e. The Hall–Kier alpha value is -0.160. The van der Waals surface area contributed by atoms with Crippen molar-refractivity contribution in [3.63, 3.8) is 0 Å². The first-order valence-electron chi connectivity index (χ1n) is 3.41. The average molecular weight is 271 g/mol. The van der Waals surface area contributed by atoms with E-state index in [1.165, 1.54) is 6.07 Å². The molecule has 1 aromatic carbocycles. The van der Waals surface area contributed by atoms with Crippen LogP contribution in [0.25, 0.3) is 0 Å². The second-order valence-corrected chi connectivity index (χ2v) is 3.69. The summed E-state index contributed by atoms with van der Waals surface area (Å²) in [5, 5.41) is 0. The molecule has 1 aromatic rings. The van der Waals surface area contributed by atoms with Crippen molar-refractivity contribution in [2.24, 2.45) is 0 Å². The van der Waals surface area contributed by atoms with Gasteiger partial charge in [0.25, 0.3) is 0 Å². The van der Waals surface area contributed by atoms with Crippen LogP contribution in [0.3, 0.4) is 0 Å². The Labute approximate surface area is 87.7 Å². The average Bonchev–Trinajstić information content (AvgIpc) is 2.03. The molecule has 0 atom stereocenters. The Morgan fingerprint density at radius 1 is 1.31 bits per heavy atom. The summed E-state index contributed by atoms with van der Waals surface area (Å²) in [4.78, 5) is 0. The monoisotopic (exact) mass is 270 g/mol. The molecule has 0 saturated carbocycles. The predicted octanol–water partition coefficient (Wildman–Crippen LogP) is 3.90. The maximum absolute atomic E-state index is 12.4. The minimum atomic E-state index is -4.30. The number of rotatable bonds is 1. The highest BCUT2D eigenvalue weighted by atomic mass is 79.9. The van der Waals surface area contributed by atoms with E-state index in [-0.39, 0.29) is 11.3 Å². The van der Waals surface area contributed by atoms with Crippen LogP contribution in [0.15, 0.2) is 22.7 Å². The van der Waals surface area contributed by atoms with Crippen LogP contribution < -0.4 is 0 Å². The van der Waals surface area contributed by atoms with Crippen LogP contribution in [-0.4, -0.2) is 0 Å². The quantitative estimate of drug-likeness (QED) is 0.736. The molecular weight excluding hydrogens is 265 g/mol. The van der Waals surface area contributed by atoms with Gasteiger partial charge in [0.1, 0.15) is 0 Å². The normalized spacial score (nSPS) is 11.8. The Morgan fingerprint density at radius 3 is 2.38 bits per heavy atom. The highest BCUT2D eigenvalue weighted by molar-refractivity contribution is 9.10. The molecule has 0 N–H and O–H groups in total. The van der Waals surface area contributed by atoms with E-state index in [0.717, 1.165) is 6.07 Å². The molecule has 0 fully saturated rings. The lowest BCUT2D eigenvalue weighted by molar-refractivity contribution is -0.138. The molecular formula is C8H6BrF3S. The van der Waals surface area contributed by atoms with E-state index in [2.05, 4.69) is 28.6 Å². The van der Waals surface area contributed by atoms with E-state index < -0.39 is 11.7 Å². The zero-order chi connectivity index (χ0) is 10.1. The summed E-state index contributed by atoms with van der Waals surface area (Å²) in [5.41, 5.74) is -0.434. The lowest BCUT2D eigenvalue weighted by Crippen LogP contribution is -2.08. The molecule has 13 heavy (non-hydrogen) atoms. The largest absolute Gasteiger partial charge is 0.416 e. The standard InChI is InChI=1S/C8H6BrF3S/c9-6-2-1-5(4-13)7(3-6)8(10,11)12/h1-3,13H,4H2. The van der Waals surface area contributed by atoms with E-state index in [1.54, 1.807) is 6.07 Å². The van der Waals surface area contributed by atoms with Gasteiger partial charge >= 0.3 is 6.18 Å². The van der Waals surface area contributed by atoms with Gasteiger partial charge in [-0.25, -0.2) is 0 Å². The molecule has 1 rings (SSSR count). The van der Waals surface area contributed by atoms with E-state index in [1.807, 2.05) is 0 Å². The molecule has 0 unspecified atom stereocenters. The van der Waals surface area contributed by atoms with Crippen LogP contribution in [0, 0.1) is 0 Å². The van der Waals surface area contributed by atoms with Gasteiger partial charge in [0.05, 0.1) is 5.56 Å². The molecule has 0 heterocycles. The molecule has 5 heteroatoms. The highest BCUT2D eigenvalue weighted by Gasteiger charge is 2.32. The van der Waals surface area contributed by atoms with Crippen molar-refractivity contribution in [1.82, 2.24) is 0 Å². The molecule has 0 aliphatic carbocycles. The lowest BCUT2D eigenvalue weighted by atomic mass is 10.1. The van der Waals surface area contributed by atoms with Gasteiger partial charge in [0.15, 0.2) is 0 Å². The molecule has 0 amide bonds. The van der Waals surface area contributed by atoms with Gasteiger partial charge in [-0.1, -0.05) is 22.0 Å². The van der Waals surface area contributed by atoms with Gasteiger partial charge in [0.2, 0.25) is 0 Å². The third-order valence-corrected chi connectivity index (χ3v) is 2.38. The zero-order valence-electron chi connectivity index (χ0n) is 6.40. The lowest BCUT2D eigenvalue weighted by Gasteiger charge is -2.11. The van der Waals surface area contributed by atoms with Crippen LogP contribution in [0.2, 0.25) is 0 Å². The van der Waals surface area contributed by atoms with Gasteiger partial charge in [-0.15, -0.1) is 0 Å². The Balaban J connectivity index is 3.24. The van der Waals surface area contributed by atoms with E-state index in [0.29, 0.717) is 4.47 Å². The van der Waals surface area contributed by atoms with Gasteiger partial charge in [-0.2, -0.15) is 25.8 Å². The van der Waals surface area contributed by atoms with Crippen LogP contribution >= 0.6 is 28.6 Å². The highest BCUT2D eigenvalue weighted by Crippen LogP contribution is 2.34. The number of alkyl halides is 3. The van der Waals surface area contributed by atoms with Crippen LogP contribution in [-0.2, 0) is 11.9 Å². The number of thiol groups is 1. The number of hydrogen-bond acceptors (Lipinski definition) is 1. The summed E-state index contributed by atoms with van der Waals surface area (Å²) in [6.07, 6.45) is -4.30. The summed E-state index contributed by atoms with van der Waals surface area (Å²) in [7, 11) is 0. The molecule has 0 saturated heterocycles. The Bertz CT molecular complexity index is 309. The van der Waals surface area contributed by atoms with Crippen LogP contribution in [0.5, 0.6) is 0 Å². The molecule has 0 bridgehead atoms. The second-order valence-electron chi connectivity index (χ2n) is 2.46. The third-order valence-electron chi connectivity index (χ3n) is 1.55. The second kappa shape index (κ2) is 3.92. The number of benzene rings is 1. The zero-order valence-corrected chi connectivity index (χ0v) is 8.88. The topological polar surface area (TPSA) is 0 Å². The molecule has 72 valence electrons. The molecule has 0 aliphatic rings. The third kappa shape index (κ3) is 2.64. The summed E-state index contributed by atoms with van der Waals surface area (Å²) in [6.45, 7) is 0. The summed E-state index contributed by atoms with van der Waals surface area (Å²) >= 11 is 6.82. The van der Waals surface area contributed by atoms with Gasteiger partial charge < -0.3 is 0 Å². The minimum absolute atomic E-state index is 0.0854. The number of hydrogen-bond donors (Lipinski definition) is 1. The molecule has 0 spiro atoms. The first kappa shape index (κ1) is 10.9. The van der Waals surface area contributed by atoms with Crippen LogP contribution in [0.4, 0.5) is 13.2 Å². The van der Waals surface area contributed by atoms with Crippen molar-refractivity contribution in [3.8, 4) is 0 Å². The minimum Gasteiger partial charge on any atom is -0.175 e. The summed E-state index contributed by atoms with van der Waals surface area (Å²) in [6, 6.07) is 4.05. The SMILES string of the molecule is FC(F)(F)c1cc(Br)ccc1CS. The fraction of sp³-hybridized carbons (Fsp3) is 0.250. The summed E-state index contributed by atoms with van der Waals surface area (Å²) < 4.78 is 37.5. The maximum Gasteiger partial charge on any atom is 0.416 e. The van der Waals surface area contributed by atoms with Crippen molar-refractivity contribution in [1.29, 1.82) is 0 Å². The first-order valence-corrected chi connectivity index (χ1v) is 4.84. The van der Waals surface area contributed by atoms with Crippen molar-refractivity contribution >= 4 is 28.6 Å². The molecule has 0 radical (unpaired) electrons. The van der Waals surface area contributed by atoms with E-state index in [9.17, 15) is 13.2 Å².